The molecule has 1 aliphatic carbocycles. The van der Waals surface area contributed by atoms with Gasteiger partial charge in [-0.15, -0.1) is 11.3 Å². The Kier molecular flexibility index (Phi) is 6.88. The highest BCUT2D eigenvalue weighted by Crippen LogP contribution is 2.39. The van der Waals surface area contributed by atoms with E-state index in [0.29, 0.717) is 10.6 Å². The molecule has 0 saturated carbocycles. The van der Waals surface area contributed by atoms with Gasteiger partial charge in [0, 0.05) is 4.88 Å². The van der Waals surface area contributed by atoms with Gasteiger partial charge in [-0.05, 0) is 50.8 Å². The van der Waals surface area contributed by atoms with E-state index in [1.165, 1.54) is 30.6 Å². The number of anilines is 1. The molecular weight excluding hydrogens is 412 g/mol. The lowest BCUT2D eigenvalue weighted by Crippen LogP contribution is -2.40. The normalized spacial score (nSPS) is 13.3. The maximum absolute atomic E-state index is 12.3. The molecule has 9 nitrogen and oxygen atoms in total. The molecule has 2 heterocycles. The van der Waals surface area contributed by atoms with Crippen LogP contribution in [-0.2, 0) is 31.9 Å². The third-order valence-corrected chi connectivity index (χ3v) is 5.65. The van der Waals surface area contributed by atoms with Crippen molar-refractivity contribution >= 4 is 40.1 Å². The van der Waals surface area contributed by atoms with E-state index < -0.39 is 36.4 Å². The molecular formula is C20H22N2O7S. The highest BCUT2D eigenvalue weighted by atomic mass is 32.1. The molecule has 2 aromatic rings. The second kappa shape index (κ2) is 9.57. The highest BCUT2D eigenvalue weighted by molar-refractivity contribution is 7.17. The second-order valence-corrected chi connectivity index (χ2v) is 7.72. The summed E-state index contributed by atoms with van der Waals surface area (Å²) in [5, 5.41) is 5.46. The number of nitrogens with one attached hydrogen (secondary N) is 2. The molecule has 1 atom stereocenters. The van der Waals surface area contributed by atoms with E-state index in [-0.39, 0.29) is 12.4 Å². The minimum atomic E-state index is -0.976. The van der Waals surface area contributed by atoms with Crippen LogP contribution in [0.4, 0.5) is 5.00 Å². The monoisotopic (exact) mass is 434 g/mol. The molecule has 1 aliphatic rings. The van der Waals surface area contributed by atoms with Crippen LogP contribution in [0.1, 0.15) is 51.6 Å². The van der Waals surface area contributed by atoms with Gasteiger partial charge in [-0.1, -0.05) is 0 Å². The Hall–Kier alpha value is -3.14. The first-order valence-corrected chi connectivity index (χ1v) is 10.3. The molecule has 0 fully saturated rings. The van der Waals surface area contributed by atoms with Gasteiger partial charge >= 0.3 is 11.9 Å². The molecule has 0 aliphatic heterocycles. The van der Waals surface area contributed by atoms with Gasteiger partial charge in [0.15, 0.2) is 12.4 Å². The van der Waals surface area contributed by atoms with Crippen molar-refractivity contribution < 1.29 is 33.1 Å². The van der Waals surface area contributed by atoms with Crippen molar-refractivity contribution in [1.29, 1.82) is 0 Å². The molecule has 0 aromatic carbocycles. The van der Waals surface area contributed by atoms with Gasteiger partial charge in [-0.3, -0.25) is 9.59 Å². The van der Waals surface area contributed by atoms with Gasteiger partial charge in [0.2, 0.25) is 0 Å². The van der Waals surface area contributed by atoms with E-state index in [2.05, 4.69) is 10.6 Å². The van der Waals surface area contributed by atoms with Crippen LogP contribution in [0, 0.1) is 0 Å². The molecule has 10 heteroatoms. The summed E-state index contributed by atoms with van der Waals surface area (Å²) in [5.74, 6) is -2.34. The molecule has 3 rings (SSSR count). The number of ether oxygens (including phenoxy) is 2. The Morgan fingerprint density at radius 1 is 1.23 bits per heavy atom. The average molecular weight is 434 g/mol. The summed E-state index contributed by atoms with van der Waals surface area (Å²) >= 11 is 1.34. The van der Waals surface area contributed by atoms with Crippen molar-refractivity contribution in [2.75, 3.05) is 18.5 Å². The number of rotatable bonds is 8. The number of esters is 2. The van der Waals surface area contributed by atoms with Gasteiger partial charge in [-0.2, -0.15) is 0 Å². The van der Waals surface area contributed by atoms with E-state index in [0.717, 1.165) is 29.7 Å². The maximum Gasteiger partial charge on any atom is 0.341 e. The zero-order chi connectivity index (χ0) is 21.7. The van der Waals surface area contributed by atoms with Gasteiger partial charge in [0.25, 0.3) is 11.8 Å². The molecule has 160 valence electrons. The van der Waals surface area contributed by atoms with Crippen LogP contribution < -0.4 is 10.6 Å². The third kappa shape index (κ3) is 4.88. The first kappa shape index (κ1) is 21.6. The van der Waals surface area contributed by atoms with E-state index in [1.807, 2.05) is 0 Å². The number of carbonyl (C=O) groups is 4. The van der Waals surface area contributed by atoms with E-state index in [9.17, 15) is 19.2 Å². The summed E-state index contributed by atoms with van der Waals surface area (Å²) in [5.41, 5.74) is 1.30. The maximum atomic E-state index is 12.3. The van der Waals surface area contributed by atoms with Crippen LogP contribution in [0.5, 0.6) is 0 Å². The first-order chi connectivity index (χ1) is 14.4. The van der Waals surface area contributed by atoms with Crippen LogP contribution in [0.2, 0.25) is 0 Å². The second-order valence-electron chi connectivity index (χ2n) is 6.61. The smallest absolute Gasteiger partial charge is 0.341 e. The van der Waals surface area contributed by atoms with Crippen molar-refractivity contribution in [3.63, 3.8) is 0 Å². The number of amides is 2. The number of thiophene rings is 1. The van der Waals surface area contributed by atoms with Crippen LogP contribution in [0.3, 0.4) is 0 Å². The van der Waals surface area contributed by atoms with Crippen molar-refractivity contribution in [2.45, 2.75) is 39.2 Å². The fraction of sp³-hybridized carbons (Fsp3) is 0.400. The SMILES string of the molecule is CCOC(=O)c1c(NC(=O)COC(=O)[C@H](C)NC(=O)c2ccco2)sc2c1CCC2. The van der Waals surface area contributed by atoms with Gasteiger partial charge in [0.1, 0.15) is 11.0 Å². The molecule has 0 bridgehead atoms. The average Bonchev–Trinajstić information content (AvgIpc) is 3.43. The van der Waals surface area contributed by atoms with Crippen molar-refractivity contribution in [1.82, 2.24) is 5.32 Å². The van der Waals surface area contributed by atoms with E-state index in [1.54, 1.807) is 13.0 Å². The van der Waals surface area contributed by atoms with Crippen molar-refractivity contribution in [3.8, 4) is 0 Å². The van der Waals surface area contributed by atoms with E-state index in [4.69, 9.17) is 13.9 Å². The summed E-state index contributed by atoms with van der Waals surface area (Å²) in [6, 6.07) is 2.03. The zero-order valence-electron chi connectivity index (χ0n) is 16.6. The summed E-state index contributed by atoms with van der Waals surface area (Å²) in [7, 11) is 0. The largest absolute Gasteiger partial charge is 0.462 e. The Labute approximate surface area is 176 Å². The summed E-state index contributed by atoms with van der Waals surface area (Å²) < 4.78 is 15.0. The Morgan fingerprint density at radius 2 is 2.03 bits per heavy atom. The molecule has 2 aromatic heterocycles. The summed E-state index contributed by atoms with van der Waals surface area (Å²) in [6.45, 7) is 2.83. The van der Waals surface area contributed by atoms with Gasteiger partial charge in [-0.25, -0.2) is 9.59 Å². The van der Waals surface area contributed by atoms with E-state index >= 15 is 0 Å². The molecule has 0 saturated heterocycles. The Morgan fingerprint density at radius 3 is 2.73 bits per heavy atom. The number of furan rings is 1. The fourth-order valence-corrected chi connectivity index (χ4v) is 4.36. The summed E-state index contributed by atoms with van der Waals surface area (Å²) in [4.78, 5) is 49.6. The van der Waals surface area contributed by atoms with Crippen LogP contribution in [0.25, 0.3) is 0 Å². The zero-order valence-corrected chi connectivity index (χ0v) is 17.4. The molecule has 0 radical (unpaired) electrons. The Balaban J connectivity index is 1.55. The topological polar surface area (TPSA) is 124 Å². The summed E-state index contributed by atoms with van der Waals surface area (Å²) in [6.07, 6.45) is 3.91. The number of carbonyl (C=O) groups excluding carboxylic acids is 4. The molecule has 30 heavy (non-hydrogen) atoms. The predicted octanol–water partition coefficient (Wildman–Crippen LogP) is 2.31. The number of hydrogen-bond donors (Lipinski definition) is 2. The molecule has 2 amide bonds. The van der Waals surface area contributed by atoms with Gasteiger partial charge < -0.3 is 24.5 Å². The molecule has 0 spiro atoms. The third-order valence-electron chi connectivity index (χ3n) is 4.45. The predicted molar refractivity (Wildman–Crippen MR) is 108 cm³/mol. The fourth-order valence-electron chi connectivity index (χ4n) is 3.07. The lowest BCUT2D eigenvalue weighted by Gasteiger charge is -2.13. The molecule has 0 unspecified atom stereocenters. The lowest BCUT2D eigenvalue weighted by molar-refractivity contribution is -0.148. The van der Waals surface area contributed by atoms with Gasteiger partial charge in [0.05, 0.1) is 18.4 Å². The van der Waals surface area contributed by atoms with Crippen LogP contribution in [-0.4, -0.2) is 43.0 Å². The highest BCUT2D eigenvalue weighted by Gasteiger charge is 2.28. The number of fused-ring (bicyclic) bond motifs is 1. The van der Waals surface area contributed by atoms with Crippen molar-refractivity contribution in [3.05, 3.63) is 40.2 Å². The lowest BCUT2D eigenvalue weighted by atomic mass is 10.1. The number of aryl methyl sites for hydroxylation is 1. The van der Waals surface area contributed by atoms with Crippen LogP contribution in [0.15, 0.2) is 22.8 Å². The molecule has 2 N–H and O–H groups in total. The standard InChI is InChI=1S/C20H22N2O7S/c1-3-27-20(26)16-12-6-4-8-14(12)30-18(16)22-15(23)10-29-19(25)11(2)21-17(24)13-7-5-9-28-13/h5,7,9,11H,3-4,6,8,10H2,1-2H3,(H,21,24)(H,22,23)/t11-/m0/s1. The minimum Gasteiger partial charge on any atom is -0.462 e. The minimum absolute atomic E-state index is 0.0598. The quantitative estimate of drug-likeness (QED) is 0.611. The number of hydrogen-bond acceptors (Lipinski definition) is 8. The van der Waals surface area contributed by atoms with Crippen molar-refractivity contribution in [2.24, 2.45) is 0 Å². The Bertz CT molecular complexity index is 949. The first-order valence-electron chi connectivity index (χ1n) is 9.53. The van der Waals surface area contributed by atoms with Crippen LogP contribution >= 0.6 is 11.3 Å².